The van der Waals surface area contributed by atoms with Crippen molar-refractivity contribution in [3.05, 3.63) is 35.9 Å². The highest BCUT2D eigenvalue weighted by Gasteiger charge is 2.34. The Kier molecular flexibility index (Phi) is 4.82. The summed E-state index contributed by atoms with van der Waals surface area (Å²) in [7, 11) is 0. The minimum Gasteiger partial charge on any atom is -0.454 e. The SMILES string of the molecule is O=C(NCc1ccc2c(c1)OCO2)[C@@H]1C=CCN1C(=O)C1CCCCC1. The van der Waals surface area contributed by atoms with Crippen LogP contribution in [0.1, 0.15) is 37.7 Å². The minimum atomic E-state index is -0.501. The Hall–Kier alpha value is -2.50. The van der Waals surface area contributed by atoms with Crippen LogP contribution < -0.4 is 14.8 Å². The molecule has 1 saturated carbocycles. The van der Waals surface area contributed by atoms with E-state index in [-0.39, 0.29) is 24.5 Å². The van der Waals surface area contributed by atoms with E-state index >= 15 is 0 Å². The lowest BCUT2D eigenvalue weighted by atomic mass is 9.88. The molecular formula is C20H24N2O4. The second-order valence-electron chi connectivity index (χ2n) is 7.10. The van der Waals surface area contributed by atoms with Crippen LogP contribution in [0.15, 0.2) is 30.4 Å². The molecule has 6 heteroatoms. The zero-order valence-corrected chi connectivity index (χ0v) is 14.8. The molecule has 0 unspecified atom stereocenters. The predicted molar refractivity (Wildman–Crippen MR) is 95.6 cm³/mol. The summed E-state index contributed by atoms with van der Waals surface area (Å²) in [5, 5.41) is 2.94. The van der Waals surface area contributed by atoms with Gasteiger partial charge in [-0.15, -0.1) is 0 Å². The third-order valence-electron chi connectivity index (χ3n) is 5.37. The Balaban J connectivity index is 1.36. The monoisotopic (exact) mass is 356 g/mol. The smallest absolute Gasteiger partial charge is 0.247 e. The van der Waals surface area contributed by atoms with E-state index in [1.807, 2.05) is 30.4 Å². The number of amides is 2. The number of nitrogens with zero attached hydrogens (tertiary/aromatic N) is 1. The number of benzene rings is 1. The van der Waals surface area contributed by atoms with Crippen LogP contribution in [0.4, 0.5) is 0 Å². The zero-order valence-electron chi connectivity index (χ0n) is 14.8. The van der Waals surface area contributed by atoms with Gasteiger partial charge in [-0.2, -0.15) is 0 Å². The van der Waals surface area contributed by atoms with Gasteiger partial charge in [-0.25, -0.2) is 0 Å². The molecule has 1 aromatic rings. The van der Waals surface area contributed by atoms with Crippen molar-refractivity contribution in [1.82, 2.24) is 10.2 Å². The van der Waals surface area contributed by atoms with E-state index < -0.39 is 6.04 Å². The van der Waals surface area contributed by atoms with Crippen molar-refractivity contribution < 1.29 is 19.1 Å². The molecule has 1 aromatic carbocycles. The fourth-order valence-corrected chi connectivity index (χ4v) is 3.91. The van der Waals surface area contributed by atoms with E-state index in [2.05, 4.69) is 5.32 Å². The first-order valence-electron chi connectivity index (χ1n) is 9.36. The van der Waals surface area contributed by atoms with Crippen LogP contribution in [0, 0.1) is 5.92 Å². The van der Waals surface area contributed by atoms with Crippen LogP contribution >= 0.6 is 0 Å². The highest BCUT2D eigenvalue weighted by molar-refractivity contribution is 5.91. The number of nitrogens with one attached hydrogen (secondary N) is 1. The van der Waals surface area contributed by atoms with E-state index in [1.54, 1.807) is 4.90 Å². The highest BCUT2D eigenvalue weighted by atomic mass is 16.7. The maximum atomic E-state index is 12.8. The maximum absolute atomic E-state index is 12.8. The van der Waals surface area contributed by atoms with Crippen molar-refractivity contribution in [2.24, 2.45) is 5.92 Å². The first kappa shape index (κ1) is 16.9. The Morgan fingerprint density at radius 2 is 1.92 bits per heavy atom. The molecule has 138 valence electrons. The normalized spacial score (nSPS) is 21.8. The van der Waals surface area contributed by atoms with Gasteiger partial charge in [0.25, 0.3) is 0 Å². The van der Waals surface area contributed by atoms with E-state index in [0.29, 0.717) is 18.8 Å². The third kappa shape index (κ3) is 3.41. The second-order valence-corrected chi connectivity index (χ2v) is 7.10. The molecule has 3 aliphatic rings. The number of carbonyl (C=O) groups excluding carboxylic acids is 2. The molecule has 0 radical (unpaired) electrons. The molecule has 2 amide bonds. The van der Waals surface area contributed by atoms with Gasteiger partial charge < -0.3 is 19.7 Å². The van der Waals surface area contributed by atoms with Crippen molar-refractivity contribution in [2.75, 3.05) is 13.3 Å². The Morgan fingerprint density at radius 3 is 2.77 bits per heavy atom. The van der Waals surface area contributed by atoms with Crippen LogP contribution in [-0.2, 0) is 16.1 Å². The maximum Gasteiger partial charge on any atom is 0.247 e. The predicted octanol–water partition coefficient (Wildman–Crippen LogP) is 2.38. The molecule has 6 nitrogen and oxygen atoms in total. The molecule has 0 spiro atoms. The van der Waals surface area contributed by atoms with Crippen molar-refractivity contribution >= 4 is 11.8 Å². The molecule has 0 aromatic heterocycles. The van der Waals surface area contributed by atoms with Crippen molar-refractivity contribution in [3.63, 3.8) is 0 Å². The summed E-state index contributed by atoms with van der Waals surface area (Å²) in [5.41, 5.74) is 0.940. The Morgan fingerprint density at radius 1 is 1.12 bits per heavy atom. The summed E-state index contributed by atoms with van der Waals surface area (Å²) in [4.78, 5) is 27.1. The van der Waals surface area contributed by atoms with Crippen molar-refractivity contribution in [2.45, 2.75) is 44.7 Å². The van der Waals surface area contributed by atoms with Gasteiger partial charge in [-0.05, 0) is 30.5 Å². The zero-order chi connectivity index (χ0) is 17.9. The lowest BCUT2D eigenvalue weighted by molar-refractivity contribution is -0.141. The minimum absolute atomic E-state index is 0.0767. The molecule has 2 aliphatic heterocycles. The van der Waals surface area contributed by atoms with Gasteiger partial charge in [0.2, 0.25) is 18.6 Å². The lowest BCUT2D eigenvalue weighted by Crippen LogP contribution is -2.48. The number of hydrogen-bond acceptors (Lipinski definition) is 4. The Bertz CT molecular complexity index is 725. The van der Waals surface area contributed by atoms with E-state index in [4.69, 9.17) is 9.47 Å². The lowest BCUT2D eigenvalue weighted by Gasteiger charge is -2.30. The number of fused-ring (bicyclic) bond motifs is 1. The van der Waals surface area contributed by atoms with Crippen LogP contribution in [-0.4, -0.2) is 36.1 Å². The molecular weight excluding hydrogens is 332 g/mol. The van der Waals surface area contributed by atoms with E-state index in [9.17, 15) is 9.59 Å². The van der Waals surface area contributed by atoms with Gasteiger partial charge in [0.1, 0.15) is 6.04 Å². The van der Waals surface area contributed by atoms with Gasteiger partial charge in [0.05, 0.1) is 0 Å². The van der Waals surface area contributed by atoms with Crippen LogP contribution in [0.25, 0.3) is 0 Å². The van der Waals surface area contributed by atoms with Crippen LogP contribution in [0.5, 0.6) is 11.5 Å². The number of ether oxygens (including phenoxy) is 2. The first-order chi connectivity index (χ1) is 12.7. The van der Waals surface area contributed by atoms with Gasteiger partial charge in [0, 0.05) is 19.0 Å². The van der Waals surface area contributed by atoms with Gasteiger partial charge in [0.15, 0.2) is 11.5 Å². The molecule has 1 N–H and O–H groups in total. The summed E-state index contributed by atoms with van der Waals surface area (Å²) in [6.45, 7) is 1.15. The van der Waals surface area contributed by atoms with Crippen molar-refractivity contribution in [3.8, 4) is 11.5 Å². The summed E-state index contributed by atoms with van der Waals surface area (Å²) in [6.07, 6.45) is 9.06. The molecule has 26 heavy (non-hydrogen) atoms. The molecule has 2 heterocycles. The molecule has 4 rings (SSSR count). The fourth-order valence-electron chi connectivity index (χ4n) is 3.91. The van der Waals surface area contributed by atoms with E-state index in [1.165, 1.54) is 6.42 Å². The number of hydrogen-bond donors (Lipinski definition) is 1. The van der Waals surface area contributed by atoms with Crippen molar-refractivity contribution in [1.29, 1.82) is 0 Å². The quantitative estimate of drug-likeness (QED) is 0.841. The second kappa shape index (κ2) is 7.40. The Labute approximate surface area is 153 Å². The molecule has 0 saturated heterocycles. The third-order valence-corrected chi connectivity index (χ3v) is 5.37. The van der Waals surface area contributed by atoms with Gasteiger partial charge >= 0.3 is 0 Å². The van der Waals surface area contributed by atoms with Gasteiger partial charge in [-0.1, -0.05) is 37.5 Å². The molecule has 0 bridgehead atoms. The van der Waals surface area contributed by atoms with Gasteiger partial charge in [-0.3, -0.25) is 9.59 Å². The molecule has 1 aliphatic carbocycles. The number of carbonyl (C=O) groups is 2. The average Bonchev–Trinajstić information content (AvgIpc) is 3.35. The summed E-state index contributed by atoms with van der Waals surface area (Å²) in [6, 6.07) is 5.12. The largest absolute Gasteiger partial charge is 0.454 e. The van der Waals surface area contributed by atoms with E-state index in [0.717, 1.165) is 37.0 Å². The van der Waals surface area contributed by atoms with Crippen LogP contribution in [0.2, 0.25) is 0 Å². The average molecular weight is 356 g/mol. The summed E-state index contributed by atoms with van der Waals surface area (Å²) < 4.78 is 10.7. The van der Waals surface area contributed by atoms with Crippen LogP contribution in [0.3, 0.4) is 0 Å². The first-order valence-corrected chi connectivity index (χ1v) is 9.36. The molecule has 1 atom stereocenters. The summed E-state index contributed by atoms with van der Waals surface area (Å²) >= 11 is 0. The fraction of sp³-hybridized carbons (Fsp3) is 0.500. The highest BCUT2D eigenvalue weighted by Crippen LogP contribution is 2.32. The topological polar surface area (TPSA) is 67.9 Å². The molecule has 1 fully saturated rings. The summed E-state index contributed by atoms with van der Waals surface area (Å²) in [5.74, 6) is 1.49. The standard InChI is InChI=1S/C20H24N2O4/c23-19(21-12-14-8-9-17-18(11-14)26-13-25-17)16-7-4-10-22(16)20(24)15-5-2-1-3-6-15/h4,7-9,11,15-16H,1-3,5-6,10,12-13H2,(H,21,23)/t16-/m0/s1. The number of rotatable bonds is 4.